The van der Waals surface area contributed by atoms with Crippen LogP contribution in [-0.4, -0.2) is 45.9 Å². The fraction of sp³-hybridized carbons (Fsp3) is 0.269. The van der Waals surface area contributed by atoms with Crippen LogP contribution in [0.1, 0.15) is 40.4 Å². The highest BCUT2D eigenvalue weighted by Gasteiger charge is 2.21. The van der Waals surface area contributed by atoms with E-state index >= 15 is 0 Å². The lowest BCUT2D eigenvalue weighted by Gasteiger charge is -2.28. The smallest absolute Gasteiger partial charge is 0.248 e. The van der Waals surface area contributed by atoms with Gasteiger partial charge in [-0.15, -0.1) is 0 Å². The summed E-state index contributed by atoms with van der Waals surface area (Å²) in [7, 11) is 2.17. The van der Waals surface area contributed by atoms with Gasteiger partial charge in [0, 0.05) is 40.9 Å². The minimum Gasteiger partial charge on any atom is -0.366 e. The summed E-state index contributed by atoms with van der Waals surface area (Å²) in [5, 5.41) is 4.96. The van der Waals surface area contributed by atoms with Gasteiger partial charge in [0.05, 0.1) is 10.7 Å². The topological polar surface area (TPSA) is 99.9 Å². The van der Waals surface area contributed by atoms with Crippen LogP contribution in [-0.2, 0) is 6.54 Å². The third-order valence-electron chi connectivity index (χ3n) is 6.52. The number of nitrogens with two attached hydrogens (primary N) is 1. The molecule has 0 saturated carbocycles. The third kappa shape index (κ3) is 4.62. The first-order chi connectivity index (χ1) is 16.5. The number of pyridine rings is 2. The van der Waals surface area contributed by atoms with Crippen LogP contribution in [0.4, 0.5) is 5.82 Å². The fourth-order valence-electron chi connectivity index (χ4n) is 4.50. The maximum atomic E-state index is 11.3. The standard InChI is InChI=1S/C26H27ClN6O/c1-33-12-9-17(10-13-33)22-14-20-19(8-11-29-26(20)31-22)24-21(27)6-7-23(32-24)30-15-16-2-4-18(5-3-16)25(28)34/h2-8,11,14,17H,9-10,12-13,15H2,1H3,(H2,28,34)(H,29,31)(H,30,32). The second kappa shape index (κ2) is 9.44. The number of rotatable bonds is 6. The number of aromatic amines is 1. The number of aromatic nitrogens is 3. The van der Waals surface area contributed by atoms with Crippen LogP contribution in [0.25, 0.3) is 22.3 Å². The van der Waals surface area contributed by atoms with Gasteiger partial charge in [-0.2, -0.15) is 0 Å². The lowest BCUT2D eigenvalue weighted by Crippen LogP contribution is -2.29. The highest BCUT2D eigenvalue weighted by atomic mass is 35.5. The third-order valence-corrected chi connectivity index (χ3v) is 6.83. The largest absolute Gasteiger partial charge is 0.366 e. The Morgan fingerprint density at radius 3 is 2.68 bits per heavy atom. The van der Waals surface area contributed by atoms with E-state index in [9.17, 15) is 4.79 Å². The molecule has 0 bridgehead atoms. The summed E-state index contributed by atoms with van der Waals surface area (Å²) < 4.78 is 0. The van der Waals surface area contributed by atoms with E-state index in [1.165, 1.54) is 5.69 Å². The molecule has 7 nitrogen and oxygen atoms in total. The van der Waals surface area contributed by atoms with Crippen LogP contribution in [0, 0.1) is 0 Å². The first-order valence-electron chi connectivity index (χ1n) is 11.4. The number of anilines is 1. The first-order valence-corrected chi connectivity index (χ1v) is 11.8. The number of halogens is 1. The Labute approximate surface area is 203 Å². The molecule has 0 unspecified atom stereocenters. The Morgan fingerprint density at radius 2 is 1.94 bits per heavy atom. The monoisotopic (exact) mass is 474 g/mol. The van der Waals surface area contributed by atoms with E-state index in [0.717, 1.165) is 59.6 Å². The average Bonchev–Trinajstić information content (AvgIpc) is 3.29. The Hall–Kier alpha value is -3.42. The van der Waals surface area contributed by atoms with Gasteiger partial charge in [-0.05, 0) is 74.9 Å². The van der Waals surface area contributed by atoms with Crippen molar-refractivity contribution in [2.75, 3.05) is 25.5 Å². The quantitative estimate of drug-likeness (QED) is 0.372. The molecule has 4 aromatic rings. The number of amides is 1. The van der Waals surface area contributed by atoms with Crippen molar-refractivity contribution in [3.8, 4) is 11.3 Å². The fourth-order valence-corrected chi connectivity index (χ4v) is 4.71. The number of carbonyl (C=O) groups excluding carboxylic acids is 1. The Morgan fingerprint density at radius 1 is 1.18 bits per heavy atom. The molecule has 34 heavy (non-hydrogen) atoms. The normalized spacial score (nSPS) is 15.0. The van der Waals surface area contributed by atoms with E-state index < -0.39 is 5.91 Å². The number of primary amides is 1. The maximum absolute atomic E-state index is 11.3. The predicted molar refractivity (Wildman–Crippen MR) is 136 cm³/mol. The summed E-state index contributed by atoms with van der Waals surface area (Å²) in [6, 6.07) is 15.1. The van der Waals surface area contributed by atoms with E-state index in [4.69, 9.17) is 22.3 Å². The molecule has 8 heteroatoms. The molecule has 1 aliphatic rings. The summed E-state index contributed by atoms with van der Waals surface area (Å²) in [6.07, 6.45) is 4.07. The van der Waals surface area contributed by atoms with Gasteiger partial charge in [0.25, 0.3) is 0 Å². The van der Waals surface area contributed by atoms with Crippen molar-refractivity contribution in [1.82, 2.24) is 19.9 Å². The van der Waals surface area contributed by atoms with Gasteiger partial charge >= 0.3 is 0 Å². The summed E-state index contributed by atoms with van der Waals surface area (Å²) in [4.78, 5) is 26.6. The van der Waals surface area contributed by atoms with Crippen molar-refractivity contribution < 1.29 is 4.79 Å². The number of hydrogen-bond acceptors (Lipinski definition) is 5. The predicted octanol–water partition coefficient (Wildman–Crippen LogP) is 4.80. The van der Waals surface area contributed by atoms with E-state index in [0.29, 0.717) is 23.0 Å². The highest BCUT2D eigenvalue weighted by Crippen LogP contribution is 2.35. The number of fused-ring (bicyclic) bond motifs is 1. The summed E-state index contributed by atoms with van der Waals surface area (Å²) in [6.45, 7) is 2.77. The number of piperidine rings is 1. The molecule has 3 aromatic heterocycles. The van der Waals surface area contributed by atoms with E-state index in [1.54, 1.807) is 18.3 Å². The highest BCUT2D eigenvalue weighted by molar-refractivity contribution is 6.33. The molecular weight excluding hydrogens is 448 g/mol. The van der Waals surface area contributed by atoms with Gasteiger partial charge in [-0.25, -0.2) is 9.97 Å². The van der Waals surface area contributed by atoms with Crippen LogP contribution in [0.2, 0.25) is 5.02 Å². The van der Waals surface area contributed by atoms with Crippen molar-refractivity contribution in [2.24, 2.45) is 5.73 Å². The number of benzene rings is 1. The van der Waals surface area contributed by atoms with Crippen molar-refractivity contribution in [1.29, 1.82) is 0 Å². The van der Waals surface area contributed by atoms with Crippen LogP contribution in [0.5, 0.6) is 0 Å². The Bertz CT molecular complexity index is 1330. The zero-order valence-corrected chi connectivity index (χ0v) is 19.8. The Kier molecular flexibility index (Phi) is 6.22. The Balaban J connectivity index is 1.40. The number of H-pyrrole nitrogens is 1. The number of hydrogen-bond donors (Lipinski definition) is 3. The van der Waals surface area contributed by atoms with Gasteiger partial charge in [0.1, 0.15) is 11.5 Å². The minimum absolute atomic E-state index is 0.434. The average molecular weight is 475 g/mol. The molecule has 1 aliphatic heterocycles. The van der Waals surface area contributed by atoms with Crippen molar-refractivity contribution >= 4 is 34.4 Å². The molecule has 4 N–H and O–H groups in total. The van der Waals surface area contributed by atoms with E-state index in [-0.39, 0.29) is 0 Å². The zero-order chi connectivity index (χ0) is 23.7. The first kappa shape index (κ1) is 22.4. The second-order valence-corrected chi connectivity index (χ2v) is 9.27. The molecule has 174 valence electrons. The van der Waals surface area contributed by atoms with Gasteiger partial charge in [0.15, 0.2) is 0 Å². The molecule has 0 aliphatic carbocycles. The second-order valence-electron chi connectivity index (χ2n) is 8.86. The van der Waals surface area contributed by atoms with E-state index in [1.807, 2.05) is 30.3 Å². The lowest BCUT2D eigenvalue weighted by atomic mass is 9.93. The van der Waals surface area contributed by atoms with Crippen LogP contribution in [0.15, 0.2) is 54.7 Å². The lowest BCUT2D eigenvalue weighted by molar-refractivity contribution is 0.100. The summed E-state index contributed by atoms with van der Waals surface area (Å²) in [5.74, 6) is 0.793. The molecule has 0 atom stereocenters. The molecule has 1 fully saturated rings. The van der Waals surface area contributed by atoms with Crippen LogP contribution < -0.4 is 11.1 Å². The van der Waals surface area contributed by atoms with Crippen LogP contribution >= 0.6 is 11.6 Å². The van der Waals surface area contributed by atoms with Crippen molar-refractivity contribution in [3.63, 3.8) is 0 Å². The molecule has 1 aromatic carbocycles. The van der Waals surface area contributed by atoms with Crippen molar-refractivity contribution in [3.05, 3.63) is 76.6 Å². The van der Waals surface area contributed by atoms with E-state index in [2.05, 4.69) is 33.3 Å². The molecule has 1 saturated heterocycles. The molecule has 4 heterocycles. The van der Waals surface area contributed by atoms with Gasteiger partial charge < -0.3 is 20.9 Å². The SMILES string of the molecule is CN1CCC(c2cc3c(-c4nc(NCc5ccc(C(N)=O)cc5)ccc4Cl)ccnc3[nH]2)CC1. The van der Waals surface area contributed by atoms with Crippen LogP contribution in [0.3, 0.4) is 0 Å². The molecule has 5 rings (SSSR count). The summed E-state index contributed by atoms with van der Waals surface area (Å²) in [5.41, 5.74) is 10.6. The van der Waals surface area contributed by atoms with Gasteiger partial charge in [-0.1, -0.05) is 23.7 Å². The minimum atomic E-state index is -0.434. The molecular formula is C26H27ClN6O. The zero-order valence-electron chi connectivity index (χ0n) is 19.0. The molecule has 0 radical (unpaired) electrons. The van der Waals surface area contributed by atoms with Gasteiger partial charge in [0.2, 0.25) is 5.91 Å². The maximum Gasteiger partial charge on any atom is 0.248 e. The number of carbonyl (C=O) groups is 1. The van der Waals surface area contributed by atoms with Crippen molar-refractivity contribution in [2.45, 2.75) is 25.3 Å². The molecule has 1 amide bonds. The molecule has 0 spiro atoms. The number of nitrogens with zero attached hydrogens (tertiary/aromatic N) is 3. The van der Waals surface area contributed by atoms with Gasteiger partial charge in [-0.3, -0.25) is 4.79 Å². The number of likely N-dealkylation sites (tertiary alicyclic amines) is 1. The summed E-state index contributed by atoms with van der Waals surface area (Å²) >= 11 is 6.60. The number of nitrogens with one attached hydrogen (secondary N) is 2.